The van der Waals surface area contributed by atoms with Crippen LogP contribution in [0, 0.1) is 24.7 Å². The number of hydrogen-bond acceptors (Lipinski definition) is 1. The summed E-state index contributed by atoms with van der Waals surface area (Å²) in [6.45, 7) is 0. The van der Waals surface area contributed by atoms with E-state index in [0.717, 1.165) is 0 Å². The van der Waals surface area contributed by atoms with Gasteiger partial charge in [-0.2, -0.15) is 13.2 Å². The minimum Gasteiger partial charge on any atom is -0.344 e. The van der Waals surface area contributed by atoms with Crippen LogP contribution in [0.3, 0.4) is 0 Å². The Balaban J connectivity index is 4.26. The minimum absolute atomic E-state index is 0.0218. The molecule has 1 N–H and O–H groups in total. The maximum absolute atomic E-state index is 11.8. The summed E-state index contributed by atoms with van der Waals surface area (Å²) in [6, 6.07) is -0.820. The van der Waals surface area contributed by atoms with E-state index in [-0.39, 0.29) is 12.8 Å². The van der Waals surface area contributed by atoms with Crippen molar-refractivity contribution in [2.75, 3.05) is 0 Å². The van der Waals surface area contributed by atoms with Gasteiger partial charge in [-0.3, -0.25) is 4.79 Å². The summed E-state index contributed by atoms with van der Waals surface area (Å²) in [4.78, 5) is 10.5. The molecule has 0 spiro atoms. The van der Waals surface area contributed by atoms with Gasteiger partial charge in [-0.1, -0.05) is 0 Å². The fourth-order valence-corrected chi connectivity index (χ4v) is 0.726. The van der Waals surface area contributed by atoms with Crippen LogP contribution in [0.1, 0.15) is 12.8 Å². The first-order valence-electron chi connectivity index (χ1n) is 3.66. The molecule has 0 heterocycles. The molecule has 0 rings (SSSR count). The van der Waals surface area contributed by atoms with Crippen molar-refractivity contribution in [3.8, 4) is 24.7 Å². The normalized spacial score (nSPS) is 10.4. The molecule has 0 bridgehead atoms. The van der Waals surface area contributed by atoms with Crippen LogP contribution in [0.2, 0.25) is 0 Å². The Bertz CT molecular complexity index is 266. The Morgan fingerprint density at radius 3 is 2.00 bits per heavy atom. The molecule has 0 atom stereocenters. The quantitative estimate of drug-likeness (QED) is 0.683. The maximum atomic E-state index is 11.8. The first-order valence-corrected chi connectivity index (χ1v) is 3.66. The lowest BCUT2D eigenvalue weighted by Crippen LogP contribution is -2.42. The maximum Gasteiger partial charge on any atom is 0.471 e. The SMILES string of the molecule is C#CCC(CC#C)NC(=O)C(F)(F)F. The van der Waals surface area contributed by atoms with Gasteiger partial charge in [-0.25, -0.2) is 0 Å². The molecule has 0 aromatic rings. The summed E-state index contributed by atoms with van der Waals surface area (Å²) < 4.78 is 35.3. The highest BCUT2D eigenvalue weighted by molar-refractivity contribution is 5.82. The average Bonchev–Trinajstić information content (AvgIpc) is 2.03. The zero-order valence-electron chi connectivity index (χ0n) is 7.19. The van der Waals surface area contributed by atoms with Crippen molar-refractivity contribution in [3.05, 3.63) is 0 Å². The summed E-state index contributed by atoms with van der Waals surface area (Å²) in [7, 11) is 0. The zero-order valence-corrected chi connectivity index (χ0v) is 7.19. The van der Waals surface area contributed by atoms with E-state index in [4.69, 9.17) is 12.8 Å². The lowest BCUT2D eigenvalue weighted by atomic mass is 10.1. The van der Waals surface area contributed by atoms with E-state index in [9.17, 15) is 18.0 Å². The predicted molar refractivity (Wildman–Crippen MR) is 44.9 cm³/mol. The number of carbonyl (C=O) groups is 1. The molecule has 0 saturated heterocycles. The van der Waals surface area contributed by atoms with E-state index in [1.54, 1.807) is 5.32 Å². The van der Waals surface area contributed by atoms with Crippen molar-refractivity contribution in [2.24, 2.45) is 0 Å². The second-order valence-corrected chi connectivity index (χ2v) is 2.48. The minimum atomic E-state index is -4.90. The molecule has 0 aromatic heterocycles. The molecular weight excluding hydrogens is 195 g/mol. The van der Waals surface area contributed by atoms with Crippen molar-refractivity contribution < 1.29 is 18.0 Å². The highest BCUT2D eigenvalue weighted by Crippen LogP contribution is 2.15. The molecule has 5 heteroatoms. The van der Waals surface area contributed by atoms with Gasteiger partial charge in [0.15, 0.2) is 0 Å². The third-order valence-electron chi connectivity index (χ3n) is 1.32. The van der Waals surface area contributed by atoms with Gasteiger partial charge < -0.3 is 5.32 Å². The molecule has 14 heavy (non-hydrogen) atoms. The van der Waals surface area contributed by atoms with Crippen LogP contribution in [0.5, 0.6) is 0 Å². The molecule has 1 amide bonds. The second-order valence-electron chi connectivity index (χ2n) is 2.48. The molecule has 0 fully saturated rings. The summed E-state index contributed by atoms with van der Waals surface area (Å²) in [6.07, 6.45) is 4.84. The van der Waals surface area contributed by atoms with E-state index < -0.39 is 18.1 Å². The fourth-order valence-electron chi connectivity index (χ4n) is 0.726. The monoisotopic (exact) mass is 203 g/mol. The standard InChI is InChI=1S/C9H8F3NO/c1-3-5-7(6-4-2)13-8(14)9(10,11)12/h1-2,7H,5-6H2,(H,13,14). The highest BCUT2D eigenvalue weighted by atomic mass is 19.4. The van der Waals surface area contributed by atoms with Gasteiger partial charge in [0.1, 0.15) is 0 Å². The van der Waals surface area contributed by atoms with Crippen LogP contribution in [-0.4, -0.2) is 18.1 Å². The highest BCUT2D eigenvalue weighted by Gasteiger charge is 2.39. The van der Waals surface area contributed by atoms with E-state index in [1.165, 1.54) is 0 Å². The number of rotatable bonds is 3. The number of nitrogens with one attached hydrogen (secondary N) is 1. The van der Waals surface area contributed by atoms with Crippen molar-refractivity contribution in [3.63, 3.8) is 0 Å². The summed E-state index contributed by atoms with van der Waals surface area (Å²) in [5, 5.41) is 1.71. The van der Waals surface area contributed by atoms with Crippen LogP contribution < -0.4 is 5.32 Å². The van der Waals surface area contributed by atoms with Gasteiger partial charge in [-0.05, 0) is 0 Å². The van der Waals surface area contributed by atoms with Gasteiger partial charge in [0, 0.05) is 12.8 Å². The van der Waals surface area contributed by atoms with E-state index in [1.807, 2.05) is 0 Å². The summed E-state index contributed by atoms with van der Waals surface area (Å²) in [5.41, 5.74) is 0. The Kier molecular flexibility index (Phi) is 4.58. The number of terminal acetylenes is 2. The Labute approximate surface area is 79.9 Å². The number of amides is 1. The molecule has 0 aliphatic carbocycles. The van der Waals surface area contributed by atoms with Gasteiger partial charge in [-0.15, -0.1) is 24.7 Å². The fraction of sp³-hybridized carbons (Fsp3) is 0.444. The summed E-state index contributed by atoms with van der Waals surface area (Å²) in [5.74, 6) is 2.24. The Hall–Kier alpha value is -1.62. The van der Waals surface area contributed by atoms with E-state index in [0.29, 0.717) is 0 Å². The third kappa shape index (κ3) is 4.42. The summed E-state index contributed by atoms with van der Waals surface area (Å²) >= 11 is 0. The van der Waals surface area contributed by atoms with Gasteiger partial charge in [0.05, 0.1) is 6.04 Å². The van der Waals surface area contributed by atoms with Gasteiger partial charge in [0.2, 0.25) is 0 Å². The number of hydrogen-bond donors (Lipinski definition) is 1. The zero-order chi connectivity index (χ0) is 11.2. The molecule has 76 valence electrons. The van der Waals surface area contributed by atoms with E-state index >= 15 is 0 Å². The molecular formula is C9H8F3NO. The average molecular weight is 203 g/mol. The van der Waals surface area contributed by atoms with Crippen molar-refractivity contribution in [2.45, 2.75) is 25.1 Å². The van der Waals surface area contributed by atoms with Gasteiger partial charge in [0.25, 0.3) is 0 Å². The number of halogens is 3. The first kappa shape index (κ1) is 12.4. The first-order chi connectivity index (χ1) is 6.41. The largest absolute Gasteiger partial charge is 0.471 e. The van der Waals surface area contributed by atoms with Gasteiger partial charge >= 0.3 is 12.1 Å². The topological polar surface area (TPSA) is 29.1 Å². The lowest BCUT2D eigenvalue weighted by molar-refractivity contribution is -0.174. The van der Waals surface area contributed by atoms with Crippen molar-refractivity contribution in [1.82, 2.24) is 5.32 Å². The Morgan fingerprint density at radius 1 is 1.29 bits per heavy atom. The third-order valence-corrected chi connectivity index (χ3v) is 1.32. The molecule has 0 unspecified atom stereocenters. The lowest BCUT2D eigenvalue weighted by Gasteiger charge is -2.14. The van der Waals surface area contributed by atoms with Crippen molar-refractivity contribution >= 4 is 5.91 Å². The van der Waals surface area contributed by atoms with Crippen LogP contribution in [-0.2, 0) is 4.79 Å². The predicted octanol–water partition coefficient (Wildman–Crippen LogP) is 1.08. The molecule has 0 aliphatic heterocycles. The molecule has 0 saturated carbocycles. The van der Waals surface area contributed by atoms with Crippen LogP contribution in [0.4, 0.5) is 13.2 Å². The van der Waals surface area contributed by atoms with Crippen LogP contribution in [0.25, 0.3) is 0 Å². The molecule has 0 aliphatic rings. The van der Waals surface area contributed by atoms with E-state index in [2.05, 4.69) is 11.8 Å². The number of carbonyl (C=O) groups excluding carboxylic acids is 1. The van der Waals surface area contributed by atoms with Crippen LogP contribution >= 0.6 is 0 Å². The van der Waals surface area contributed by atoms with Crippen LogP contribution in [0.15, 0.2) is 0 Å². The van der Waals surface area contributed by atoms with Crippen molar-refractivity contribution in [1.29, 1.82) is 0 Å². The molecule has 0 radical (unpaired) electrons. The second kappa shape index (κ2) is 5.18. The Morgan fingerprint density at radius 2 is 1.71 bits per heavy atom. The molecule has 2 nitrogen and oxygen atoms in total. The smallest absolute Gasteiger partial charge is 0.344 e. The number of alkyl halides is 3. The molecule has 0 aromatic carbocycles.